The van der Waals surface area contributed by atoms with Crippen LogP contribution in [-0.4, -0.2) is 30.3 Å². The first-order valence-corrected chi connectivity index (χ1v) is 4.88. The number of hydrogen-bond donors (Lipinski definition) is 2. The highest BCUT2D eigenvalue weighted by Crippen LogP contribution is 2.13. The molecule has 0 heterocycles. The summed E-state index contributed by atoms with van der Waals surface area (Å²) in [5, 5.41) is 7.12. The largest absolute Gasteiger partial charge is 0.497 e. The molecule has 0 aliphatic carbocycles. The van der Waals surface area contributed by atoms with E-state index in [9.17, 15) is 18.0 Å². The van der Waals surface area contributed by atoms with Crippen LogP contribution in [0, 0.1) is 0 Å². The molecule has 0 unspecified atom stereocenters. The standard InChI is InChI=1S/C9H11NO2.C2HF3O2/c1-12-8-4-2-3-7(5-8)6-9(10)11;3-2(4,5)1(6)7/h2-5H,6H2,1H3,(H2,10,11);(H,6,7). The second-order valence-corrected chi connectivity index (χ2v) is 3.30. The molecule has 1 aromatic rings. The molecule has 0 fully saturated rings. The summed E-state index contributed by atoms with van der Waals surface area (Å²) in [4.78, 5) is 19.4. The molecule has 1 rings (SSSR count). The van der Waals surface area contributed by atoms with E-state index in [1.54, 1.807) is 13.2 Å². The van der Waals surface area contributed by atoms with Gasteiger partial charge in [0.2, 0.25) is 5.91 Å². The van der Waals surface area contributed by atoms with Gasteiger partial charge in [0.15, 0.2) is 0 Å². The monoisotopic (exact) mass is 279 g/mol. The van der Waals surface area contributed by atoms with Crippen molar-refractivity contribution >= 4 is 11.9 Å². The van der Waals surface area contributed by atoms with Gasteiger partial charge in [-0.3, -0.25) is 4.79 Å². The van der Waals surface area contributed by atoms with Crippen LogP contribution in [0.25, 0.3) is 0 Å². The zero-order valence-corrected chi connectivity index (χ0v) is 9.90. The number of aliphatic carboxylic acids is 1. The van der Waals surface area contributed by atoms with Crippen LogP contribution < -0.4 is 10.5 Å². The molecule has 0 radical (unpaired) electrons. The predicted molar refractivity (Wildman–Crippen MR) is 59.6 cm³/mol. The number of carboxylic acids is 1. The third kappa shape index (κ3) is 7.63. The normalized spacial score (nSPS) is 10.1. The maximum Gasteiger partial charge on any atom is 0.490 e. The number of carbonyl (C=O) groups is 2. The van der Waals surface area contributed by atoms with Gasteiger partial charge in [0, 0.05) is 0 Å². The molecule has 0 aliphatic heterocycles. The molecule has 0 aliphatic rings. The van der Waals surface area contributed by atoms with Crippen LogP contribution in [-0.2, 0) is 16.0 Å². The minimum absolute atomic E-state index is 0.261. The SMILES string of the molecule is COc1cccc(CC(N)=O)c1.O=C(O)C(F)(F)F. The van der Waals surface area contributed by atoms with Crippen molar-refractivity contribution in [3.63, 3.8) is 0 Å². The fourth-order valence-electron chi connectivity index (χ4n) is 0.984. The lowest BCUT2D eigenvalue weighted by atomic mass is 10.1. The number of alkyl halides is 3. The molecule has 5 nitrogen and oxygen atoms in total. The maximum atomic E-state index is 10.6. The van der Waals surface area contributed by atoms with Crippen LogP contribution in [0.4, 0.5) is 13.2 Å². The van der Waals surface area contributed by atoms with Gasteiger partial charge >= 0.3 is 12.1 Å². The zero-order valence-electron chi connectivity index (χ0n) is 9.90. The third-order valence-electron chi connectivity index (χ3n) is 1.76. The molecule has 19 heavy (non-hydrogen) atoms. The van der Waals surface area contributed by atoms with Gasteiger partial charge in [-0.2, -0.15) is 13.2 Å². The van der Waals surface area contributed by atoms with Crippen LogP contribution in [0.15, 0.2) is 24.3 Å². The van der Waals surface area contributed by atoms with E-state index in [1.165, 1.54) is 0 Å². The van der Waals surface area contributed by atoms with Crippen LogP contribution in [0.5, 0.6) is 5.75 Å². The quantitative estimate of drug-likeness (QED) is 0.874. The summed E-state index contributed by atoms with van der Waals surface area (Å²) in [5.74, 6) is -2.34. The van der Waals surface area contributed by atoms with Crippen LogP contribution in [0.3, 0.4) is 0 Å². The van der Waals surface area contributed by atoms with Gasteiger partial charge in [0.05, 0.1) is 13.5 Å². The van der Waals surface area contributed by atoms with Crippen molar-refractivity contribution in [3.05, 3.63) is 29.8 Å². The highest BCUT2D eigenvalue weighted by molar-refractivity contribution is 5.76. The molecule has 0 bridgehead atoms. The summed E-state index contributed by atoms with van der Waals surface area (Å²) in [7, 11) is 1.59. The van der Waals surface area contributed by atoms with E-state index in [4.69, 9.17) is 20.4 Å². The Bertz CT molecular complexity index is 446. The summed E-state index contributed by atoms with van der Waals surface area (Å²) in [6.07, 6.45) is -4.82. The van der Waals surface area contributed by atoms with Crippen molar-refractivity contribution in [2.45, 2.75) is 12.6 Å². The number of carbonyl (C=O) groups excluding carboxylic acids is 1. The van der Waals surface area contributed by atoms with Crippen LogP contribution in [0.1, 0.15) is 5.56 Å². The molecule has 0 saturated heterocycles. The lowest BCUT2D eigenvalue weighted by Gasteiger charge is -2.01. The molecular formula is C11H12F3NO4. The molecule has 1 amide bonds. The molecule has 8 heteroatoms. The Kier molecular flexibility index (Phi) is 6.39. The number of ether oxygens (including phenoxy) is 1. The summed E-state index contributed by atoms with van der Waals surface area (Å²) < 4.78 is 36.7. The Morgan fingerprint density at radius 1 is 1.37 bits per heavy atom. The average molecular weight is 279 g/mol. The van der Waals surface area contributed by atoms with Crippen LogP contribution in [0.2, 0.25) is 0 Å². The zero-order chi connectivity index (χ0) is 15.1. The lowest BCUT2D eigenvalue weighted by Crippen LogP contribution is -2.21. The van der Waals surface area contributed by atoms with Crippen molar-refractivity contribution in [1.82, 2.24) is 0 Å². The molecule has 0 spiro atoms. The Balaban J connectivity index is 0.000000399. The Labute approximate surface area is 106 Å². The smallest absolute Gasteiger partial charge is 0.490 e. The first-order chi connectivity index (χ1) is 8.66. The number of benzene rings is 1. The molecule has 0 atom stereocenters. The van der Waals surface area contributed by atoms with Crippen molar-refractivity contribution < 1.29 is 32.6 Å². The molecule has 3 N–H and O–H groups in total. The summed E-state index contributed by atoms with van der Waals surface area (Å²) in [5.41, 5.74) is 5.91. The lowest BCUT2D eigenvalue weighted by molar-refractivity contribution is -0.192. The van der Waals surface area contributed by atoms with Crippen molar-refractivity contribution in [2.24, 2.45) is 5.73 Å². The predicted octanol–water partition coefficient (Wildman–Crippen LogP) is 1.36. The second-order valence-electron chi connectivity index (χ2n) is 3.30. The fourth-order valence-corrected chi connectivity index (χ4v) is 0.984. The van der Waals surface area contributed by atoms with Crippen molar-refractivity contribution in [1.29, 1.82) is 0 Å². The first-order valence-electron chi connectivity index (χ1n) is 4.88. The van der Waals surface area contributed by atoms with E-state index < -0.39 is 12.1 Å². The Morgan fingerprint density at radius 2 is 1.89 bits per heavy atom. The molecule has 106 valence electrons. The van der Waals surface area contributed by atoms with Crippen molar-refractivity contribution in [3.8, 4) is 5.75 Å². The number of methoxy groups -OCH3 is 1. The van der Waals surface area contributed by atoms with E-state index in [0.29, 0.717) is 0 Å². The number of halogens is 3. The second kappa shape index (κ2) is 7.24. The third-order valence-corrected chi connectivity index (χ3v) is 1.76. The van der Waals surface area contributed by atoms with Gasteiger partial charge < -0.3 is 15.6 Å². The number of nitrogens with two attached hydrogens (primary N) is 1. The van der Waals surface area contributed by atoms with E-state index in [2.05, 4.69) is 0 Å². The van der Waals surface area contributed by atoms with Gasteiger partial charge in [-0.25, -0.2) is 4.79 Å². The number of amides is 1. The highest BCUT2D eigenvalue weighted by Gasteiger charge is 2.38. The molecule has 1 aromatic carbocycles. The summed E-state index contributed by atoms with van der Waals surface area (Å²) >= 11 is 0. The van der Waals surface area contributed by atoms with Crippen molar-refractivity contribution in [2.75, 3.05) is 7.11 Å². The average Bonchev–Trinajstić information content (AvgIpc) is 2.28. The topological polar surface area (TPSA) is 89.6 Å². The van der Waals surface area contributed by atoms with Gasteiger partial charge in [0.1, 0.15) is 5.75 Å². The molecule has 0 saturated carbocycles. The first kappa shape index (κ1) is 16.8. The molecular weight excluding hydrogens is 267 g/mol. The van der Waals surface area contributed by atoms with E-state index in [1.807, 2.05) is 18.2 Å². The molecule has 0 aromatic heterocycles. The number of rotatable bonds is 3. The minimum atomic E-state index is -5.08. The fraction of sp³-hybridized carbons (Fsp3) is 0.273. The minimum Gasteiger partial charge on any atom is -0.497 e. The number of hydrogen-bond acceptors (Lipinski definition) is 3. The van der Waals surface area contributed by atoms with E-state index in [0.717, 1.165) is 11.3 Å². The summed E-state index contributed by atoms with van der Waals surface area (Å²) in [6, 6.07) is 7.29. The van der Waals surface area contributed by atoms with E-state index in [-0.39, 0.29) is 12.3 Å². The highest BCUT2D eigenvalue weighted by atomic mass is 19.4. The van der Waals surface area contributed by atoms with Gasteiger partial charge in [-0.15, -0.1) is 0 Å². The van der Waals surface area contributed by atoms with Gasteiger partial charge in [-0.1, -0.05) is 12.1 Å². The number of carboxylic acid groups (broad SMARTS) is 1. The maximum absolute atomic E-state index is 10.6. The van der Waals surface area contributed by atoms with Gasteiger partial charge in [-0.05, 0) is 17.7 Å². The van der Waals surface area contributed by atoms with Crippen LogP contribution >= 0.6 is 0 Å². The summed E-state index contributed by atoms with van der Waals surface area (Å²) in [6.45, 7) is 0. The Hall–Kier alpha value is -2.25. The Morgan fingerprint density at radius 3 is 2.26 bits per heavy atom. The number of primary amides is 1. The van der Waals surface area contributed by atoms with E-state index >= 15 is 0 Å². The van der Waals surface area contributed by atoms with Gasteiger partial charge in [0.25, 0.3) is 0 Å².